The van der Waals surface area contributed by atoms with Crippen LogP contribution in [0.3, 0.4) is 0 Å². The van der Waals surface area contributed by atoms with Crippen molar-refractivity contribution < 1.29 is 127 Å². The van der Waals surface area contributed by atoms with Gasteiger partial charge in [-0.25, -0.2) is 0 Å². The van der Waals surface area contributed by atoms with Gasteiger partial charge >= 0.3 is 18.9 Å². The van der Waals surface area contributed by atoms with E-state index in [4.69, 9.17) is 14.2 Å². The molecule has 0 unspecified atom stereocenters. The molecule has 18 rings (SSSR count). The summed E-state index contributed by atoms with van der Waals surface area (Å²) in [6.07, 6.45) is -9.62. The van der Waals surface area contributed by atoms with Crippen molar-refractivity contribution in [3.63, 3.8) is 0 Å². The predicted molar refractivity (Wildman–Crippen MR) is 520 cm³/mol. The largest absolute Gasteiger partial charge is 0.586 e. The minimum absolute atomic E-state index is 0.0000217. The van der Waals surface area contributed by atoms with Crippen molar-refractivity contribution in [1.82, 2.24) is 0 Å². The fourth-order valence-electron chi connectivity index (χ4n) is 15.0. The summed E-state index contributed by atoms with van der Waals surface area (Å²) in [6.45, 7) is 13.6. The van der Waals surface area contributed by atoms with Crippen molar-refractivity contribution in [1.29, 1.82) is 0 Å². The smallest absolute Gasteiger partial charge is 0.492 e. The minimum atomic E-state index is -3.72. The van der Waals surface area contributed by atoms with Gasteiger partial charge in [-0.2, -0.15) is 0 Å². The third kappa shape index (κ3) is 29.6. The fraction of sp³-hybridized carbons (Fsp3) is 0.243. The molecule has 141 heavy (non-hydrogen) atoms. The van der Waals surface area contributed by atoms with Gasteiger partial charge in [-0.15, -0.1) is 61.6 Å². The van der Waals surface area contributed by atoms with E-state index in [1.165, 1.54) is 54.6 Å². The summed E-state index contributed by atoms with van der Waals surface area (Å²) in [7, 11) is 0. The number of hydrogen-bond donors (Lipinski definition) is 0. The lowest BCUT2D eigenvalue weighted by atomic mass is 9.98. The third-order valence-corrected chi connectivity index (χ3v) is 25.6. The van der Waals surface area contributed by atoms with Crippen molar-refractivity contribution >= 4 is 105 Å². The van der Waals surface area contributed by atoms with Crippen LogP contribution in [0.2, 0.25) is 0 Å². The van der Waals surface area contributed by atoms with Gasteiger partial charge in [-0.3, -0.25) is 57.5 Å². The first-order valence-electron chi connectivity index (χ1n) is 45.1. The lowest BCUT2D eigenvalue weighted by molar-refractivity contribution is -0.287. The molecule has 0 bridgehead atoms. The van der Waals surface area contributed by atoms with E-state index in [0.717, 1.165) is 82.6 Å². The van der Waals surface area contributed by atoms with Gasteiger partial charge in [0, 0.05) is 161 Å². The second kappa shape index (κ2) is 47.9. The summed E-state index contributed by atoms with van der Waals surface area (Å²) < 4.78 is 120. The molecule has 0 radical (unpaired) electrons. The highest BCUT2D eigenvalue weighted by atomic mass is 32.2. The van der Waals surface area contributed by atoms with Crippen molar-refractivity contribution in [2.24, 2.45) is 0 Å². The fourth-order valence-corrected chi connectivity index (χ4v) is 17.6. The van der Waals surface area contributed by atoms with Gasteiger partial charge < -0.3 is 42.6 Å². The van der Waals surface area contributed by atoms with Gasteiger partial charge in [0.05, 0.1) is 34.5 Å². The van der Waals surface area contributed by atoms with Gasteiger partial charge in [0.15, 0.2) is 104 Å². The van der Waals surface area contributed by atoms with Crippen LogP contribution >= 0.6 is 35.3 Å². The Morgan fingerprint density at radius 2 is 0.440 bits per heavy atom. The van der Waals surface area contributed by atoms with E-state index < -0.39 is 18.9 Å². The number of aryl methyl sites for hydroxylation is 6. The molecule has 21 nitrogen and oxygen atoms in total. The molecule has 6 aliphatic rings. The first kappa shape index (κ1) is 104. The maximum absolute atomic E-state index is 13.0. The van der Waals surface area contributed by atoms with Crippen molar-refractivity contribution in [3.05, 3.63) is 355 Å². The second-order valence-electron chi connectivity index (χ2n) is 33.2. The Bertz CT molecular complexity index is 6740. The maximum Gasteiger partial charge on any atom is 0.586 e. The van der Waals surface area contributed by atoms with Crippen LogP contribution in [0, 0.1) is 41.5 Å². The highest BCUT2D eigenvalue weighted by Crippen LogP contribution is 2.46. The highest BCUT2D eigenvalue weighted by molar-refractivity contribution is 8.00. The molecular formula is C111H96F6O21S3. The van der Waals surface area contributed by atoms with Crippen LogP contribution in [0.4, 0.5) is 26.3 Å². The van der Waals surface area contributed by atoms with Crippen LogP contribution in [0.5, 0.6) is 51.7 Å². The lowest BCUT2D eigenvalue weighted by Crippen LogP contribution is -2.25. The third-order valence-electron chi connectivity index (χ3n) is 22.6. The molecule has 0 aromatic heterocycles. The number of carbonyl (C=O) groups is 12. The first-order valence-corrected chi connectivity index (χ1v) is 48.1. The normalized spacial score (nSPS) is 13.8. The molecular weight excluding hydrogens is 1880 g/mol. The monoisotopic (exact) mass is 1970 g/mol. The quantitative estimate of drug-likeness (QED) is 0.0298. The van der Waals surface area contributed by atoms with Gasteiger partial charge in [-0.1, -0.05) is 156 Å². The zero-order valence-corrected chi connectivity index (χ0v) is 80.0. The van der Waals surface area contributed by atoms with Crippen LogP contribution in [-0.4, -0.2) is 125 Å². The number of carbonyl (C=O) groups excluding carboxylic acids is 12. The number of thioether (sulfide) groups is 3. The second-order valence-corrected chi connectivity index (χ2v) is 36.7. The molecule has 0 saturated heterocycles. The highest BCUT2D eigenvalue weighted by Gasteiger charge is 2.46. The average Bonchev–Trinajstić information content (AvgIpc) is 1.66. The van der Waals surface area contributed by atoms with E-state index in [1.54, 1.807) is 102 Å². The molecule has 6 aliphatic heterocycles. The summed E-state index contributed by atoms with van der Waals surface area (Å²) in [5, 5.41) is 0. The van der Waals surface area contributed by atoms with E-state index in [2.05, 4.69) is 28.4 Å². The molecule has 0 fully saturated rings. The zero-order chi connectivity index (χ0) is 101. The topological polar surface area (TPSA) is 288 Å². The number of ether oxygens (including phenoxy) is 9. The van der Waals surface area contributed by atoms with Crippen molar-refractivity contribution in [2.75, 3.05) is 37.1 Å². The van der Waals surface area contributed by atoms with E-state index in [9.17, 15) is 83.9 Å². The van der Waals surface area contributed by atoms with Crippen molar-refractivity contribution in [2.45, 2.75) is 152 Å². The summed E-state index contributed by atoms with van der Waals surface area (Å²) in [5.74, 6) is 2.98. The molecule has 0 atom stereocenters. The van der Waals surface area contributed by atoms with Crippen molar-refractivity contribution in [3.8, 4) is 51.7 Å². The van der Waals surface area contributed by atoms with E-state index >= 15 is 0 Å². The van der Waals surface area contributed by atoms with Crippen LogP contribution in [0.15, 0.2) is 269 Å². The van der Waals surface area contributed by atoms with Gasteiger partial charge in [-0.05, 0) is 174 Å². The zero-order valence-electron chi connectivity index (χ0n) is 77.5. The van der Waals surface area contributed by atoms with Gasteiger partial charge in [0.1, 0.15) is 17.2 Å². The first-order chi connectivity index (χ1) is 67.4. The van der Waals surface area contributed by atoms with E-state index in [1.807, 2.05) is 175 Å². The van der Waals surface area contributed by atoms with Crippen LogP contribution in [-0.2, 0) is 0 Å². The minimum Gasteiger partial charge on any atom is -0.492 e. The number of benzene rings is 12. The molecule has 12 aromatic carbocycles. The average molecular weight is 1980 g/mol. The van der Waals surface area contributed by atoms with Gasteiger partial charge in [0.2, 0.25) is 0 Å². The summed E-state index contributed by atoms with van der Waals surface area (Å²) in [4.78, 5) is 149. The summed E-state index contributed by atoms with van der Waals surface area (Å²) >= 11 is 5.10. The van der Waals surface area contributed by atoms with E-state index in [0.29, 0.717) is 69.9 Å². The van der Waals surface area contributed by atoms with Crippen LogP contribution in [0.1, 0.15) is 235 Å². The predicted octanol–water partition coefficient (Wildman–Crippen LogP) is 25.5. The Labute approximate surface area is 822 Å². The molecule has 0 spiro atoms. The number of alkyl halides is 6. The Morgan fingerprint density at radius 3 is 0.702 bits per heavy atom. The standard InChI is InChI=1S/3C19H18O3S.3C18H14F2O4/c1-13-2-4-14(5-3-13)16(20)7-8-17(21)15-6-9-18-19(12-15)23-11-10-22-18;1-13-3-2-4-14(11-13)16(20)6-7-17(21)15-5-8-18-19(12-15)23-10-9-22-18;1-13-4-2-3-5-15(13)17(21)8-7-16(20)14-6-9-18-19(12-14)23-11-10-22-18;1-11-2-4-12(5-3-11)14(21)7-8-15(22)13-6-9-16-17(10-13)24-18(19,20)23-16;1-11-3-2-4-12(9-11)14(21)6-7-15(22)13-5-8-16-17(10-13)24-18(19,20)23-16;1-11-4-2-3-5-13(11)15(22)8-7-14(21)12-6-9-16-17(10-12)24-18(19,20)23-16/h2-6,9,12H,7-8,10-11H2,1H3;2-5,8,11-12H,6-7,9-10H2,1H3;2-6,9,12H,7-8,10-11H2,1H3;2-6,9-10H,7-8H2,1H3;2-5,8-10H,6-7H2,1H3;2-6,9-10H,7-8H2,1H3. The Balaban J connectivity index is 0.000000142. The maximum atomic E-state index is 13.0. The molecule has 6 heterocycles. The molecule has 0 aliphatic carbocycles. The summed E-state index contributed by atoms with van der Waals surface area (Å²) in [6, 6.07) is 71.8. The Morgan fingerprint density at radius 1 is 0.220 bits per heavy atom. The molecule has 0 amide bonds. The molecule has 12 aromatic rings. The number of hydrogen-bond acceptors (Lipinski definition) is 24. The lowest BCUT2D eigenvalue weighted by Gasteiger charge is -2.17. The molecule has 0 N–H and O–H groups in total. The summed E-state index contributed by atoms with van der Waals surface area (Å²) in [5.41, 5.74) is 12.2. The van der Waals surface area contributed by atoms with Gasteiger partial charge in [0.25, 0.3) is 0 Å². The Kier molecular flexibility index (Phi) is 35.3. The number of fused-ring (bicyclic) bond motifs is 6. The van der Waals surface area contributed by atoms with Crippen LogP contribution < -0.4 is 42.6 Å². The Hall–Kier alpha value is -14.5. The van der Waals surface area contributed by atoms with E-state index in [-0.39, 0.29) is 198 Å². The molecule has 0 saturated carbocycles. The van der Waals surface area contributed by atoms with Crippen LogP contribution in [0.25, 0.3) is 0 Å². The molecule has 726 valence electrons. The number of rotatable bonds is 30. The SMILES string of the molecule is Cc1ccc(C(=O)CCC(=O)c2ccc3c(c2)OC(F)(F)O3)cc1.Cc1ccc(C(=O)CCC(=O)c2ccc3c(c2)SCCO3)cc1.Cc1cccc(C(=O)CCC(=O)c2ccc3c(c2)OC(F)(F)O3)c1.Cc1cccc(C(=O)CCC(=O)c2ccc3c(c2)SCCO3)c1.Cc1ccccc1C(=O)CCC(=O)c1ccc2c(c1)OC(F)(F)O2.Cc1ccccc1C(=O)CCC(=O)c1ccc2c(c1)SCCO2. The number of halogens is 6. The number of Topliss-reactive ketones (excluding diaryl/α,β-unsaturated/α-hetero) is 12. The number of ketones is 12. The molecule has 30 heteroatoms.